The number of nitrogens with one attached hydrogen (secondary N) is 1. The molecule has 2 rings (SSSR count). The second kappa shape index (κ2) is 8.20. The van der Waals surface area contributed by atoms with Gasteiger partial charge in [0.1, 0.15) is 5.75 Å². The van der Waals surface area contributed by atoms with Gasteiger partial charge in [0, 0.05) is 17.6 Å². The topological polar surface area (TPSA) is 39.1 Å². The molecular weight excluding hydrogens is 330 g/mol. The molecule has 0 fully saturated rings. The van der Waals surface area contributed by atoms with Crippen LogP contribution < -0.4 is 10.1 Å². The maximum atomic E-state index is 5.83. The van der Waals surface area contributed by atoms with Gasteiger partial charge in [-0.1, -0.05) is 35.8 Å². The van der Waals surface area contributed by atoms with Crippen LogP contribution in [0.4, 0.5) is 0 Å². The number of benzene rings is 1. The van der Waals surface area contributed by atoms with Crippen LogP contribution in [0.3, 0.4) is 0 Å². The highest BCUT2D eigenvalue weighted by atomic mass is 79.9. The summed E-state index contributed by atoms with van der Waals surface area (Å²) in [4.78, 5) is 0. The molecule has 5 heteroatoms. The molecule has 2 aromatic rings. The van der Waals surface area contributed by atoms with E-state index in [4.69, 9.17) is 4.74 Å². The van der Waals surface area contributed by atoms with E-state index in [1.807, 2.05) is 23.0 Å². The zero-order chi connectivity index (χ0) is 15.1. The molecule has 0 aliphatic rings. The number of nitrogens with zero attached hydrogens (tertiary/aromatic N) is 2. The third-order valence-electron chi connectivity index (χ3n) is 3.06. The zero-order valence-electron chi connectivity index (χ0n) is 12.6. The smallest absolute Gasteiger partial charge is 0.165 e. The van der Waals surface area contributed by atoms with E-state index in [9.17, 15) is 0 Å². The summed E-state index contributed by atoms with van der Waals surface area (Å²) in [5.74, 6) is 1.59. The maximum absolute atomic E-state index is 5.83. The van der Waals surface area contributed by atoms with Crippen molar-refractivity contribution in [2.45, 2.75) is 39.8 Å². The standard InChI is InChI=1S/C16H22BrN3O/c1-3-7-18-10-13-5-6-14(9-16(13)17)21-15-11-19-20(12-15)8-4-2/h5-6,9,11-12,18H,3-4,7-8,10H2,1-2H3. The van der Waals surface area contributed by atoms with Crippen molar-refractivity contribution < 1.29 is 4.74 Å². The van der Waals surface area contributed by atoms with Crippen LogP contribution in [0, 0.1) is 0 Å². The Morgan fingerprint density at radius 2 is 2.10 bits per heavy atom. The Labute approximate surface area is 134 Å². The molecular formula is C16H22BrN3O. The molecule has 1 aromatic carbocycles. The highest BCUT2D eigenvalue weighted by Gasteiger charge is 2.05. The summed E-state index contributed by atoms with van der Waals surface area (Å²) in [6.07, 6.45) is 5.88. The molecule has 0 saturated carbocycles. The monoisotopic (exact) mass is 351 g/mol. The molecule has 0 amide bonds. The molecule has 4 nitrogen and oxygen atoms in total. The predicted molar refractivity (Wildman–Crippen MR) is 88.7 cm³/mol. The van der Waals surface area contributed by atoms with Crippen LogP contribution in [0.15, 0.2) is 35.1 Å². The van der Waals surface area contributed by atoms with Crippen molar-refractivity contribution in [3.63, 3.8) is 0 Å². The first-order valence-electron chi connectivity index (χ1n) is 7.42. The average molecular weight is 352 g/mol. The average Bonchev–Trinajstić information content (AvgIpc) is 2.89. The minimum absolute atomic E-state index is 0.771. The first-order valence-corrected chi connectivity index (χ1v) is 8.21. The Morgan fingerprint density at radius 3 is 2.81 bits per heavy atom. The van der Waals surface area contributed by atoms with Crippen molar-refractivity contribution in [1.29, 1.82) is 0 Å². The molecule has 0 saturated heterocycles. The van der Waals surface area contributed by atoms with Crippen LogP contribution in [0.2, 0.25) is 0 Å². The lowest BCUT2D eigenvalue weighted by Gasteiger charge is -2.08. The first-order chi connectivity index (χ1) is 10.2. The Hall–Kier alpha value is -1.33. The lowest BCUT2D eigenvalue weighted by molar-refractivity contribution is 0.480. The highest BCUT2D eigenvalue weighted by Crippen LogP contribution is 2.27. The van der Waals surface area contributed by atoms with Crippen LogP contribution in [-0.2, 0) is 13.1 Å². The van der Waals surface area contributed by atoms with E-state index in [1.165, 1.54) is 5.56 Å². The molecule has 0 bridgehead atoms. The number of hydrogen-bond acceptors (Lipinski definition) is 3. The van der Waals surface area contributed by atoms with E-state index in [0.29, 0.717) is 0 Å². The Bertz CT molecular complexity index is 568. The van der Waals surface area contributed by atoms with Crippen molar-refractivity contribution in [2.75, 3.05) is 6.54 Å². The van der Waals surface area contributed by atoms with Gasteiger partial charge in [0.05, 0.1) is 12.4 Å². The van der Waals surface area contributed by atoms with Crippen LogP contribution >= 0.6 is 15.9 Å². The number of hydrogen-bond donors (Lipinski definition) is 1. The van der Waals surface area contributed by atoms with Crippen LogP contribution in [0.1, 0.15) is 32.3 Å². The second-order valence-corrected chi connectivity index (χ2v) is 5.83. The Morgan fingerprint density at radius 1 is 1.24 bits per heavy atom. The molecule has 1 N–H and O–H groups in total. The van der Waals surface area contributed by atoms with Gasteiger partial charge in [-0.25, -0.2) is 0 Å². The summed E-state index contributed by atoms with van der Waals surface area (Å²) in [7, 11) is 0. The molecule has 0 radical (unpaired) electrons. The van der Waals surface area contributed by atoms with E-state index < -0.39 is 0 Å². The normalized spacial score (nSPS) is 10.8. The summed E-state index contributed by atoms with van der Waals surface area (Å²) in [5.41, 5.74) is 1.23. The molecule has 0 unspecified atom stereocenters. The summed E-state index contributed by atoms with van der Waals surface area (Å²) in [6.45, 7) is 7.10. The summed E-state index contributed by atoms with van der Waals surface area (Å²) in [6, 6.07) is 6.07. The van der Waals surface area contributed by atoms with Gasteiger partial charge in [-0.05, 0) is 37.1 Å². The van der Waals surface area contributed by atoms with Crippen molar-refractivity contribution in [3.05, 3.63) is 40.6 Å². The van der Waals surface area contributed by atoms with Gasteiger partial charge in [-0.15, -0.1) is 0 Å². The minimum atomic E-state index is 0.771. The quantitative estimate of drug-likeness (QED) is 0.718. The molecule has 1 heterocycles. The number of aryl methyl sites for hydroxylation is 1. The number of ether oxygens (including phenoxy) is 1. The first kappa shape index (κ1) is 16.0. The van der Waals surface area contributed by atoms with Crippen LogP contribution in [0.5, 0.6) is 11.5 Å². The van der Waals surface area contributed by atoms with Crippen molar-refractivity contribution in [1.82, 2.24) is 15.1 Å². The minimum Gasteiger partial charge on any atom is -0.454 e. The van der Waals surface area contributed by atoms with E-state index in [2.05, 4.69) is 46.3 Å². The second-order valence-electron chi connectivity index (χ2n) is 4.97. The molecule has 114 valence electrons. The van der Waals surface area contributed by atoms with Crippen LogP contribution in [-0.4, -0.2) is 16.3 Å². The Balaban J connectivity index is 1.98. The number of aromatic nitrogens is 2. The molecule has 0 aliphatic heterocycles. The number of rotatable bonds is 8. The fourth-order valence-corrected chi connectivity index (χ4v) is 2.52. The van der Waals surface area contributed by atoms with E-state index >= 15 is 0 Å². The SMILES string of the molecule is CCCNCc1ccc(Oc2cnn(CCC)c2)cc1Br. The predicted octanol–water partition coefficient (Wildman–Crippen LogP) is 4.35. The summed E-state index contributed by atoms with van der Waals surface area (Å²) < 4.78 is 8.79. The van der Waals surface area contributed by atoms with Gasteiger partial charge in [-0.3, -0.25) is 4.68 Å². The molecule has 21 heavy (non-hydrogen) atoms. The lowest BCUT2D eigenvalue weighted by Crippen LogP contribution is -2.14. The highest BCUT2D eigenvalue weighted by molar-refractivity contribution is 9.10. The fraction of sp³-hybridized carbons (Fsp3) is 0.438. The van der Waals surface area contributed by atoms with Gasteiger partial charge < -0.3 is 10.1 Å². The van der Waals surface area contributed by atoms with Crippen molar-refractivity contribution in [3.8, 4) is 11.5 Å². The van der Waals surface area contributed by atoms with E-state index in [0.717, 1.165) is 48.4 Å². The largest absolute Gasteiger partial charge is 0.454 e. The molecule has 1 aromatic heterocycles. The van der Waals surface area contributed by atoms with Gasteiger partial charge in [0.25, 0.3) is 0 Å². The van der Waals surface area contributed by atoms with Crippen molar-refractivity contribution in [2.24, 2.45) is 0 Å². The molecule has 0 aliphatic carbocycles. The van der Waals surface area contributed by atoms with Gasteiger partial charge >= 0.3 is 0 Å². The summed E-state index contributed by atoms with van der Waals surface area (Å²) >= 11 is 3.60. The van der Waals surface area contributed by atoms with E-state index in [1.54, 1.807) is 6.20 Å². The van der Waals surface area contributed by atoms with E-state index in [-0.39, 0.29) is 0 Å². The van der Waals surface area contributed by atoms with Crippen molar-refractivity contribution >= 4 is 15.9 Å². The van der Waals surface area contributed by atoms with Gasteiger partial charge in [0.2, 0.25) is 0 Å². The Kier molecular flexibility index (Phi) is 6.26. The summed E-state index contributed by atoms with van der Waals surface area (Å²) in [5, 5.41) is 7.66. The third-order valence-corrected chi connectivity index (χ3v) is 3.80. The maximum Gasteiger partial charge on any atom is 0.165 e. The fourth-order valence-electron chi connectivity index (χ4n) is 2.02. The third kappa shape index (κ3) is 4.86. The molecule has 0 spiro atoms. The van der Waals surface area contributed by atoms with Gasteiger partial charge in [-0.2, -0.15) is 5.10 Å². The zero-order valence-corrected chi connectivity index (χ0v) is 14.2. The van der Waals surface area contributed by atoms with Crippen LogP contribution in [0.25, 0.3) is 0 Å². The lowest BCUT2D eigenvalue weighted by atomic mass is 10.2. The molecule has 0 atom stereocenters. The van der Waals surface area contributed by atoms with Gasteiger partial charge in [0.15, 0.2) is 5.75 Å². The number of halogens is 1.